The Balaban J connectivity index is 1.67. The molecular formula is C17H13BrF3N5O. The summed E-state index contributed by atoms with van der Waals surface area (Å²) in [6.45, 7) is 0.346. The molecule has 0 unspecified atom stereocenters. The van der Waals surface area contributed by atoms with E-state index in [0.717, 1.165) is 17.7 Å². The van der Waals surface area contributed by atoms with Gasteiger partial charge in [-0.15, -0.1) is 0 Å². The number of benzene rings is 1. The molecule has 0 spiro atoms. The second-order valence-corrected chi connectivity index (χ2v) is 7.06. The Morgan fingerprint density at radius 2 is 2.04 bits per heavy atom. The van der Waals surface area contributed by atoms with Gasteiger partial charge in [0.25, 0.3) is 5.91 Å². The Hall–Kier alpha value is -2.62. The summed E-state index contributed by atoms with van der Waals surface area (Å²) in [4.78, 5) is 17.1. The van der Waals surface area contributed by atoms with Crippen LogP contribution in [0.2, 0.25) is 0 Å². The second-order valence-electron chi connectivity index (χ2n) is 6.15. The number of alkyl halides is 3. The predicted molar refractivity (Wildman–Crippen MR) is 95.3 cm³/mol. The zero-order chi connectivity index (χ0) is 19.3. The van der Waals surface area contributed by atoms with Crippen molar-refractivity contribution in [3.63, 3.8) is 0 Å². The van der Waals surface area contributed by atoms with E-state index < -0.39 is 17.6 Å². The number of carbonyl (C=O) groups excluding carboxylic acids is 1. The molecule has 3 aromatic rings. The highest BCUT2D eigenvalue weighted by atomic mass is 79.9. The van der Waals surface area contributed by atoms with Gasteiger partial charge in [-0.2, -0.15) is 18.3 Å². The molecule has 6 nitrogen and oxygen atoms in total. The number of hydrogen-bond acceptors (Lipinski definition) is 4. The fraction of sp³-hybridized carbons (Fsp3) is 0.235. The maximum absolute atomic E-state index is 13.0. The zero-order valence-corrected chi connectivity index (χ0v) is 15.6. The molecule has 1 aromatic carbocycles. The largest absolute Gasteiger partial charge is 0.416 e. The molecule has 4 rings (SSSR count). The first-order valence-corrected chi connectivity index (χ1v) is 8.80. The van der Waals surface area contributed by atoms with E-state index in [1.54, 1.807) is 25.5 Å². The number of hydrogen-bond donors (Lipinski definition) is 0. The third-order valence-electron chi connectivity index (χ3n) is 4.45. The van der Waals surface area contributed by atoms with E-state index in [-0.39, 0.29) is 5.69 Å². The lowest BCUT2D eigenvalue weighted by molar-refractivity contribution is -0.137. The summed E-state index contributed by atoms with van der Waals surface area (Å²) in [6, 6.07) is 5.14. The summed E-state index contributed by atoms with van der Waals surface area (Å²) in [5, 5.41) is 7.06. The highest BCUT2D eigenvalue weighted by Crippen LogP contribution is 2.35. The van der Waals surface area contributed by atoms with E-state index in [1.165, 1.54) is 20.6 Å². The molecule has 0 radical (unpaired) electrons. The van der Waals surface area contributed by atoms with E-state index in [4.69, 9.17) is 0 Å². The van der Waals surface area contributed by atoms with Crippen molar-refractivity contribution >= 4 is 33.2 Å². The molecule has 1 aliphatic rings. The van der Waals surface area contributed by atoms with Crippen LogP contribution in [0, 0.1) is 0 Å². The summed E-state index contributed by atoms with van der Waals surface area (Å²) in [5.74, 6) is -0.401. The third kappa shape index (κ3) is 3.14. The Bertz CT molecular complexity index is 1050. The lowest BCUT2D eigenvalue weighted by Crippen LogP contribution is -2.48. The van der Waals surface area contributed by atoms with E-state index in [2.05, 4.69) is 26.0 Å². The zero-order valence-electron chi connectivity index (χ0n) is 14.0. The van der Waals surface area contributed by atoms with Crippen LogP contribution in [0.25, 0.3) is 5.65 Å². The number of hydrazine groups is 1. The monoisotopic (exact) mass is 439 g/mol. The number of fused-ring (bicyclic) bond motifs is 2. The minimum atomic E-state index is -4.44. The van der Waals surface area contributed by atoms with Crippen LogP contribution >= 0.6 is 15.9 Å². The molecule has 0 bridgehead atoms. The van der Waals surface area contributed by atoms with Crippen molar-refractivity contribution in [3.8, 4) is 0 Å². The van der Waals surface area contributed by atoms with Crippen LogP contribution in [0.5, 0.6) is 0 Å². The predicted octanol–water partition coefficient (Wildman–Crippen LogP) is 3.56. The van der Waals surface area contributed by atoms with Gasteiger partial charge in [0, 0.05) is 32.1 Å². The number of nitrogens with zero attached hydrogens (tertiary/aromatic N) is 5. The molecule has 140 valence electrons. The molecule has 2 aromatic heterocycles. The van der Waals surface area contributed by atoms with Crippen molar-refractivity contribution in [2.75, 3.05) is 18.6 Å². The highest BCUT2D eigenvalue weighted by Gasteiger charge is 2.34. The van der Waals surface area contributed by atoms with Crippen LogP contribution in [-0.4, -0.2) is 39.1 Å². The molecule has 0 saturated heterocycles. The number of aromatic nitrogens is 3. The summed E-state index contributed by atoms with van der Waals surface area (Å²) < 4.78 is 41.3. The Morgan fingerprint density at radius 3 is 2.78 bits per heavy atom. The molecule has 0 atom stereocenters. The first-order valence-electron chi connectivity index (χ1n) is 8.00. The number of anilines is 1. The summed E-state index contributed by atoms with van der Waals surface area (Å²) in [6.07, 6.45) is -0.722. The van der Waals surface area contributed by atoms with Gasteiger partial charge < -0.3 is 0 Å². The molecule has 0 fully saturated rings. The number of carbonyl (C=O) groups is 1. The van der Waals surface area contributed by atoms with E-state index >= 15 is 0 Å². The molecule has 1 aliphatic heterocycles. The number of amides is 1. The van der Waals surface area contributed by atoms with Gasteiger partial charge >= 0.3 is 6.18 Å². The van der Waals surface area contributed by atoms with Crippen molar-refractivity contribution in [1.29, 1.82) is 0 Å². The first kappa shape index (κ1) is 17.8. The Labute approximate surface area is 160 Å². The maximum Gasteiger partial charge on any atom is 0.416 e. The fourth-order valence-corrected chi connectivity index (χ4v) is 3.38. The average Bonchev–Trinajstić information content (AvgIpc) is 3.03. The van der Waals surface area contributed by atoms with Crippen molar-refractivity contribution < 1.29 is 18.0 Å². The summed E-state index contributed by atoms with van der Waals surface area (Å²) in [5.41, 5.74) is 1.04. The standard InChI is InChI=1S/C17H13BrF3N5O/c1-24-14-6-11(17(19,20)21)3-2-10(14)4-5-26(24)16(27)13-7-15-22-8-12(18)9-25(15)23-13/h2-3,6-9H,4-5H2,1H3. The van der Waals surface area contributed by atoms with E-state index in [0.29, 0.717) is 28.8 Å². The number of rotatable bonds is 1. The van der Waals surface area contributed by atoms with Gasteiger partial charge in [-0.1, -0.05) is 6.07 Å². The van der Waals surface area contributed by atoms with Crippen LogP contribution in [-0.2, 0) is 12.6 Å². The van der Waals surface area contributed by atoms with Crippen LogP contribution in [0.3, 0.4) is 0 Å². The van der Waals surface area contributed by atoms with Crippen molar-refractivity contribution in [2.45, 2.75) is 12.6 Å². The molecule has 3 heterocycles. The smallest absolute Gasteiger partial charge is 0.285 e. The van der Waals surface area contributed by atoms with Gasteiger partial charge in [-0.25, -0.2) is 14.5 Å². The first-order chi connectivity index (χ1) is 12.7. The minimum Gasteiger partial charge on any atom is -0.285 e. The van der Waals surface area contributed by atoms with Gasteiger partial charge in [-0.3, -0.25) is 9.80 Å². The van der Waals surface area contributed by atoms with Crippen molar-refractivity contribution in [3.05, 3.63) is 58.0 Å². The van der Waals surface area contributed by atoms with Gasteiger partial charge in [0.05, 0.1) is 15.7 Å². The van der Waals surface area contributed by atoms with Gasteiger partial charge in [0.15, 0.2) is 11.3 Å². The lowest BCUT2D eigenvalue weighted by Gasteiger charge is -2.38. The molecule has 0 saturated carbocycles. The van der Waals surface area contributed by atoms with Crippen molar-refractivity contribution in [2.24, 2.45) is 0 Å². The quantitative estimate of drug-likeness (QED) is 0.581. The van der Waals surface area contributed by atoms with E-state index in [1.807, 2.05) is 0 Å². The Morgan fingerprint density at radius 1 is 1.26 bits per heavy atom. The van der Waals surface area contributed by atoms with E-state index in [9.17, 15) is 18.0 Å². The van der Waals surface area contributed by atoms with Crippen molar-refractivity contribution in [1.82, 2.24) is 19.6 Å². The van der Waals surface area contributed by atoms with Crippen LogP contribution in [0.4, 0.5) is 18.9 Å². The number of halogens is 4. The molecular weight excluding hydrogens is 427 g/mol. The van der Waals surface area contributed by atoms with Gasteiger partial charge in [-0.05, 0) is 40.0 Å². The third-order valence-corrected chi connectivity index (χ3v) is 4.86. The molecule has 0 N–H and O–H groups in total. The normalized spacial score (nSPS) is 14.6. The minimum absolute atomic E-state index is 0.169. The molecule has 0 aliphatic carbocycles. The second kappa shape index (κ2) is 6.22. The molecule has 27 heavy (non-hydrogen) atoms. The van der Waals surface area contributed by atoms with Crippen LogP contribution < -0.4 is 5.01 Å². The molecule has 1 amide bonds. The maximum atomic E-state index is 13.0. The van der Waals surface area contributed by atoms with Gasteiger partial charge in [0.2, 0.25) is 0 Å². The highest BCUT2D eigenvalue weighted by molar-refractivity contribution is 9.10. The lowest BCUT2D eigenvalue weighted by atomic mass is 10.0. The average molecular weight is 440 g/mol. The summed E-state index contributed by atoms with van der Waals surface area (Å²) >= 11 is 3.29. The fourth-order valence-electron chi connectivity index (χ4n) is 3.09. The van der Waals surface area contributed by atoms with Crippen LogP contribution in [0.15, 0.2) is 41.1 Å². The molecule has 10 heteroatoms. The van der Waals surface area contributed by atoms with Gasteiger partial charge in [0.1, 0.15) is 0 Å². The summed E-state index contributed by atoms with van der Waals surface area (Å²) in [7, 11) is 1.57. The SMILES string of the molecule is CN1c2cc(C(F)(F)F)ccc2CCN1C(=O)c1cc2ncc(Br)cn2n1. The topological polar surface area (TPSA) is 53.7 Å². The Kier molecular flexibility index (Phi) is 4.10. The van der Waals surface area contributed by atoms with Crippen LogP contribution in [0.1, 0.15) is 21.6 Å².